The van der Waals surface area contributed by atoms with Crippen molar-refractivity contribution in [2.75, 3.05) is 45.9 Å². The number of carbonyl (C=O) groups excluding carboxylic acids is 2. The SMILES string of the molecule is O=C(NCCC(=O)N1CCOCC1)C1CCCNC1. The first-order valence-electron chi connectivity index (χ1n) is 7.11. The summed E-state index contributed by atoms with van der Waals surface area (Å²) < 4.78 is 5.20. The lowest BCUT2D eigenvalue weighted by atomic mass is 9.99. The molecule has 2 aliphatic heterocycles. The molecular weight excluding hydrogens is 246 g/mol. The molecule has 2 saturated heterocycles. The molecule has 2 fully saturated rings. The van der Waals surface area contributed by atoms with E-state index in [1.807, 2.05) is 0 Å². The van der Waals surface area contributed by atoms with E-state index in [1.165, 1.54) is 0 Å². The molecule has 6 nitrogen and oxygen atoms in total. The van der Waals surface area contributed by atoms with Crippen LogP contribution in [0.3, 0.4) is 0 Å². The van der Waals surface area contributed by atoms with Crippen molar-refractivity contribution in [2.24, 2.45) is 5.92 Å². The molecule has 0 radical (unpaired) electrons. The van der Waals surface area contributed by atoms with Crippen molar-refractivity contribution in [3.63, 3.8) is 0 Å². The highest BCUT2D eigenvalue weighted by atomic mass is 16.5. The monoisotopic (exact) mass is 269 g/mol. The molecule has 19 heavy (non-hydrogen) atoms. The summed E-state index contributed by atoms with van der Waals surface area (Å²) >= 11 is 0. The topological polar surface area (TPSA) is 70.7 Å². The molecule has 0 aromatic carbocycles. The fraction of sp³-hybridized carbons (Fsp3) is 0.846. The van der Waals surface area contributed by atoms with Gasteiger partial charge in [0, 0.05) is 32.6 Å². The molecule has 0 spiro atoms. The number of hydrogen-bond acceptors (Lipinski definition) is 4. The van der Waals surface area contributed by atoms with Crippen LogP contribution in [0.1, 0.15) is 19.3 Å². The Morgan fingerprint density at radius 2 is 2.11 bits per heavy atom. The Labute approximate surface area is 113 Å². The summed E-state index contributed by atoms with van der Waals surface area (Å²) in [6, 6.07) is 0. The van der Waals surface area contributed by atoms with E-state index < -0.39 is 0 Å². The summed E-state index contributed by atoms with van der Waals surface area (Å²) in [5, 5.41) is 6.08. The molecule has 0 aliphatic carbocycles. The lowest BCUT2D eigenvalue weighted by Gasteiger charge is -2.27. The second-order valence-corrected chi connectivity index (χ2v) is 5.08. The van der Waals surface area contributed by atoms with Gasteiger partial charge in [-0.3, -0.25) is 9.59 Å². The number of ether oxygens (including phenoxy) is 1. The Bertz CT molecular complexity index is 280. The van der Waals surface area contributed by atoms with E-state index in [0.29, 0.717) is 39.3 Å². The van der Waals surface area contributed by atoms with Gasteiger partial charge in [0.2, 0.25) is 11.8 Å². The van der Waals surface area contributed by atoms with E-state index >= 15 is 0 Å². The van der Waals surface area contributed by atoms with Gasteiger partial charge in [-0.1, -0.05) is 0 Å². The Morgan fingerprint density at radius 1 is 1.32 bits per heavy atom. The van der Waals surface area contributed by atoms with Gasteiger partial charge in [0.15, 0.2) is 0 Å². The van der Waals surface area contributed by atoms with Crippen LogP contribution in [0.2, 0.25) is 0 Å². The summed E-state index contributed by atoms with van der Waals surface area (Å²) in [4.78, 5) is 25.5. The fourth-order valence-corrected chi connectivity index (χ4v) is 2.48. The van der Waals surface area contributed by atoms with E-state index in [2.05, 4.69) is 10.6 Å². The molecule has 1 unspecified atom stereocenters. The average Bonchev–Trinajstić information content (AvgIpc) is 2.49. The van der Waals surface area contributed by atoms with Crippen LogP contribution in [-0.2, 0) is 14.3 Å². The Balaban J connectivity index is 1.62. The third-order valence-electron chi connectivity index (χ3n) is 3.67. The third kappa shape index (κ3) is 4.47. The molecule has 2 amide bonds. The van der Waals surface area contributed by atoms with Gasteiger partial charge >= 0.3 is 0 Å². The van der Waals surface area contributed by atoms with Gasteiger partial charge in [-0.05, 0) is 19.4 Å². The van der Waals surface area contributed by atoms with Gasteiger partial charge < -0.3 is 20.3 Å². The molecular formula is C13H23N3O3. The minimum Gasteiger partial charge on any atom is -0.378 e. The lowest BCUT2D eigenvalue weighted by Crippen LogP contribution is -2.43. The van der Waals surface area contributed by atoms with Gasteiger partial charge in [0.25, 0.3) is 0 Å². The smallest absolute Gasteiger partial charge is 0.224 e. The molecule has 2 heterocycles. The number of hydrogen-bond donors (Lipinski definition) is 2. The second kappa shape index (κ2) is 7.45. The van der Waals surface area contributed by atoms with Crippen LogP contribution in [0.15, 0.2) is 0 Å². The summed E-state index contributed by atoms with van der Waals surface area (Å²) in [5.74, 6) is 0.236. The van der Waals surface area contributed by atoms with Crippen molar-refractivity contribution >= 4 is 11.8 Å². The summed E-state index contributed by atoms with van der Waals surface area (Å²) in [7, 11) is 0. The molecule has 0 aromatic rings. The molecule has 2 rings (SSSR count). The van der Waals surface area contributed by atoms with Crippen molar-refractivity contribution in [3.05, 3.63) is 0 Å². The molecule has 6 heteroatoms. The summed E-state index contributed by atoms with van der Waals surface area (Å²) in [6.45, 7) is 4.75. The molecule has 0 aromatic heterocycles. The number of nitrogens with zero attached hydrogens (tertiary/aromatic N) is 1. The van der Waals surface area contributed by atoms with Gasteiger partial charge in [0.05, 0.1) is 19.1 Å². The predicted molar refractivity (Wildman–Crippen MR) is 70.6 cm³/mol. The van der Waals surface area contributed by atoms with E-state index in [1.54, 1.807) is 4.90 Å². The first-order valence-corrected chi connectivity index (χ1v) is 7.11. The van der Waals surface area contributed by atoms with E-state index in [0.717, 1.165) is 25.9 Å². The van der Waals surface area contributed by atoms with E-state index in [4.69, 9.17) is 4.74 Å². The van der Waals surface area contributed by atoms with Crippen molar-refractivity contribution in [2.45, 2.75) is 19.3 Å². The highest BCUT2D eigenvalue weighted by molar-refractivity contribution is 5.80. The van der Waals surface area contributed by atoms with Gasteiger partial charge in [-0.15, -0.1) is 0 Å². The van der Waals surface area contributed by atoms with E-state index in [-0.39, 0.29) is 17.7 Å². The Kier molecular flexibility index (Phi) is 5.60. The average molecular weight is 269 g/mol. The highest BCUT2D eigenvalue weighted by Crippen LogP contribution is 2.09. The number of carbonyl (C=O) groups is 2. The minimum absolute atomic E-state index is 0.0623. The number of rotatable bonds is 4. The number of morpholine rings is 1. The van der Waals surface area contributed by atoms with Gasteiger partial charge in [-0.25, -0.2) is 0 Å². The van der Waals surface area contributed by atoms with Crippen LogP contribution in [0.4, 0.5) is 0 Å². The van der Waals surface area contributed by atoms with Crippen molar-refractivity contribution in [1.29, 1.82) is 0 Å². The molecule has 1 atom stereocenters. The van der Waals surface area contributed by atoms with Gasteiger partial charge in [-0.2, -0.15) is 0 Å². The molecule has 108 valence electrons. The largest absolute Gasteiger partial charge is 0.378 e. The van der Waals surface area contributed by atoms with Gasteiger partial charge in [0.1, 0.15) is 0 Å². The van der Waals surface area contributed by atoms with Crippen molar-refractivity contribution in [3.8, 4) is 0 Å². The predicted octanol–water partition coefficient (Wildman–Crippen LogP) is -0.649. The summed E-state index contributed by atoms with van der Waals surface area (Å²) in [6.07, 6.45) is 2.37. The van der Waals surface area contributed by atoms with Crippen LogP contribution < -0.4 is 10.6 Å². The minimum atomic E-state index is 0.0623. The first-order chi connectivity index (χ1) is 9.27. The van der Waals surface area contributed by atoms with E-state index in [9.17, 15) is 9.59 Å². The highest BCUT2D eigenvalue weighted by Gasteiger charge is 2.21. The standard InChI is InChI=1S/C13H23N3O3/c17-12(16-6-8-19-9-7-16)3-5-15-13(18)11-2-1-4-14-10-11/h11,14H,1-10H2,(H,15,18). The van der Waals surface area contributed by atoms with Crippen LogP contribution >= 0.6 is 0 Å². The number of piperidine rings is 1. The van der Waals surface area contributed by atoms with Crippen LogP contribution in [0.25, 0.3) is 0 Å². The van der Waals surface area contributed by atoms with Crippen LogP contribution in [0, 0.1) is 5.92 Å². The van der Waals surface area contributed by atoms with Crippen LogP contribution in [0.5, 0.6) is 0 Å². The second-order valence-electron chi connectivity index (χ2n) is 5.08. The quantitative estimate of drug-likeness (QED) is 0.711. The molecule has 2 N–H and O–H groups in total. The zero-order valence-corrected chi connectivity index (χ0v) is 11.3. The normalized spacial score (nSPS) is 24.0. The zero-order valence-electron chi connectivity index (χ0n) is 11.3. The summed E-state index contributed by atoms with van der Waals surface area (Å²) in [5.41, 5.74) is 0. The number of nitrogens with one attached hydrogen (secondary N) is 2. The molecule has 0 saturated carbocycles. The van der Waals surface area contributed by atoms with Crippen molar-refractivity contribution in [1.82, 2.24) is 15.5 Å². The number of amides is 2. The molecule has 2 aliphatic rings. The molecule has 0 bridgehead atoms. The maximum Gasteiger partial charge on any atom is 0.224 e. The van der Waals surface area contributed by atoms with Crippen molar-refractivity contribution < 1.29 is 14.3 Å². The zero-order chi connectivity index (χ0) is 13.5. The Hall–Kier alpha value is -1.14. The Morgan fingerprint density at radius 3 is 2.79 bits per heavy atom. The lowest BCUT2D eigenvalue weighted by molar-refractivity contribution is -0.135. The maximum absolute atomic E-state index is 11.9. The maximum atomic E-state index is 11.9. The third-order valence-corrected chi connectivity index (χ3v) is 3.67. The van der Waals surface area contributed by atoms with Crippen LogP contribution in [-0.4, -0.2) is 62.7 Å². The first kappa shape index (κ1) is 14.3. The fourth-order valence-electron chi connectivity index (χ4n) is 2.48.